The zero-order valence-corrected chi connectivity index (χ0v) is 14.3. The fourth-order valence-corrected chi connectivity index (χ4v) is 2.60. The van der Waals surface area contributed by atoms with Crippen LogP contribution in [0, 0.1) is 13.8 Å². The molecular weight excluding hydrogens is 318 g/mol. The standard InChI is InChI=1S/C18H21N5O2/c1-13-7-5-8-15(14(13)2)20-17(24)19-10-6-12-23-18(25)22-11-4-3-9-16(22)21-23/h3-5,7-9,11H,6,10,12H2,1-2H3,(H2,19,20,24). The summed E-state index contributed by atoms with van der Waals surface area (Å²) in [6, 6.07) is 11.0. The Morgan fingerprint density at radius 1 is 1.16 bits per heavy atom. The van der Waals surface area contributed by atoms with E-state index in [1.54, 1.807) is 18.3 Å². The summed E-state index contributed by atoms with van der Waals surface area (Å²) in [7, 11) is 0. The van der Waals surface area contributed by atoms with Gasteiger partial charge in [-0.1, -0.05) is 18.2 Å². The Balaban J connectivity index is 1.51. The van der Waals surface area contributed by atoms with E-state index in [9.17, 15) is 9.59 Å². The van der Waals surface area contributed by atoms with Crippen molar-refractivity contribution in [2.75, 3.05) is 11.9 Å². The highest BCUT2D eigenvalue weighted by Gasteiger charge is 2.07. The molecule has 2 heterocycles. The van der Waals surface area contributed by atoms with E-state index in [2.05, 4.69) is 15.7 Å². The maximum absolute atomic E-state index is 12.1. The molecule has 0 saturated heterocycles. The molecule has 25 heavy (non-hydrogen) atoms. The largest absolute Gasteiger partial charge is 0.350 e. The van der Waals surface area contributed by atoms with Gasteiger partial charge in [-0.05, 0) is 49.6 Å². The Bertz CT molecular complexity index is 957. The van der Waals surface area contributed by atoms with Crippen LogP contribution in [0.3, 0.4) is 0 Å². The number of aromatic nitrogens is 3. The molecule has 0 radical (unpaired) electrons. The molecule has 0 atom stereocenters. The van der Waals surface area contributed by atoms with Gasteiger partial charge in [-0.2, -0.15) is 0 Å². The van der Waals surface area contributed by atoms with Crippen molar-refractivity contribution in [1.82, 2.24) is 19.5 Å². The van der Waals surface area contributed by atoms with E-state index in [1.807, 2.05) is 38.1 Å². The van der Waals surface area contributed by atoms with Crippen LogP contribution in [0.4, 0.5) is 10.5 Å². The van der Waals surface area contributed by atoms with Crippen molar-refractivity contribution in [1.29, 1.82) is 0 Å². The summed E-state index contributed by atoms with van der Waals surface area (Å²) in [5.41, 5.74) is 3.43. The van der Waals surface area contributed by atoms with Crippen LogP contribution in [-0.2, 0) is 6.54 Å². The number of benzene rings is 1. The molecule has 130 valence electrons. The average molecular weight is 339 g/mol. The number of pyridine rings is 1. The summed E-state index contributed by atoms with van der Waals surface area (Å²) in [4.78, 5) is 24.1. The summed E-state index contributed by atoms with van der Waals surface area (Å²) in [6.45, 7) is 4.88. The Hall–Kier alpha value is -3.09. The fraction of sp³-hybridized carbons (Fsp3) is 0.278. The summed E-state index contributed by atoms with van der Waals surface area (Å²) in [6.07, 6.45) is 2.31. The maximum Gasteiger partial charge on any atom is 0.350 e. The zero-order valence-electron chi connectivity index (χ0n) is 14.3. The maximum atomic E-state index is 12.1. The third-order valence-corrected chi connectivity index (χ3v) is 4.17. The highest BCUT2D eigenvalue weighted by molar-refractivity contribution is 5.90. The lowest BCUT2D eigenvalue weighted by Crippen LogP contribution is -2.31. The van der Waals surface area contributed by atoms with Gasteiger partial charge in [0.1, 0.15) is 0 Å². The number of carbonyl (C=O) groups is 1. The van der Waals surface area contributed by atoms with Gasteiger partial charge >= 0.3 is 11.7 Å². The molecule has 0 unspecified atom stereocenters. The lowest BCUT2D eigenvalue weighted by atomic mass is 10.1. The van der Waals surface area contributed by atoms with Crippen molar-refractivity contribution < 1.29 is 4.79 Å². The molecule has 0 fully saturated rings. The number of nitrogens with one attached hydrogen (secondary N) is 2. The molecule has 3 rings (SSSR count). The number of fused-ring (bicyclic) bond motifs is 1. The normalized spacial score (nSPS) is 10.8. The number of carbonyl (C=O) groups excluding carboxylic acids is 1. The van der Waals surface area contributed by atoms with Crippen molar-refractivity contribution in [3.05, 3.63) is 64.2 Å². The predicted molar refractivity (Wildman–Crippen MR) is 97.0 cm³/mol. The quantitative estimate of drug-likeness (QED) is 0.700. The second-order valence-electron chi connectivity index (χ2n) is 5.92. The molecule has 0 bridgehead atoms. The topological polar surface area (TPSA) is 80.4 Å². The van der Waals surface area contributed by atoms with Crippen LogP contribution in [0.25, 0.3) is 5.65 Å². The Morgan fingerprint density at radius 2 is 2.00 bits per heavy atom. The molecule has 3 aromatic rings. The molecule has 2 N–H and O–H groups in total. The van der Waals surface area contributed by atoms with E-state index < -0.39 is 0 Å². The molecule has 0 aliphatic heterocycles. The molecule has 0 aliphatic carbocycles. The number of urea groups is 1. The molecule has 7 nitrogen and oxygen atoms in total. The SMILES string of the molecule is Cc1cccc(NC(=O)NCCCn2nc3ccccn3c2=O)c1C. The Kier molecular flexibility index (Phi) is 4.83. The molecule has 2 amide bonds. The number of nitrogens with zero attached hydrogens (tertiary/aromatic N) is 3. The van der Waals surface area contributed by atoms with Crippen molar-refractivity contribution in [3.63, 3.8) is 0 Å². The summed E-state index contributed by atoms with van der Waals surface area (Å²) < 4.78 is 2.92. The van der Waals surface area contributed by atoms with Crippen LogP contribution in [0.2, 0.25) is 0 Å². The Morgan fingerprint density at radius 3 is 2.80 bits per heavy atom. The number of anilines is 1. The second kappa shape index (κ2) is 7.21. The van der Waals surface area contributed by atoms with Crippen molar-refractivity contribution in [2.45, 2.75) is 26.8 Å². The molecule has 7 heteroatoms. The first-order chi connectivity index (χ1) is 12.1. The van der Waals surface area contributed by atoms with Crippen molar-refractivity contribution in [2.24, 2.45) is 0 Å². The smallest absolute Gasteiger partial charge is 0.338 e. The van der Waals surface area contributed by atoms with E-state index in [0.717, 1.165) is 16.8 Å². The van der Waals surface area contributed by atoms with E-state index in [0.29, 0.717) is 25.2 Å². The third kappa shape index (κ3) is 3.71. The van der Waals surface area contributed by atoms with E-state index in [4.69, 9.17) is 0 Å². The van der Waals surface area contributed by atoms with Gasteiger partial charge in [0.05, 0.1) is 0 Å². The van der Waals surface area contributed by atoms with Gasteiger partial charge in [-0.15, -0.1) is 5.10 Å². The number of amides is 2. The van der Waals surface area contributed by atoms with E-state index in [1.165, 1.54) is 9.08 Å². The van der Waals surface area contributed by atoms with Crippen LogP contribution in [0.5, 0.6) is 0 Å². The number of aryl methyl sites for hydroxylation is 2. The second-order valence-corrected chi connectivity index (χ2v) is 5.92. The van der Waals surface area contributed by atoms with Crippen molar-refractivity contribution >= 4 is 17.4 Å². The monoisotopic (exact) mass is 339 g/mol. The molecule has 1 aromatic carbocycles. The minimum absolute atomic E-state index is 0.171. The highest BCUT2D eigenvalue weighted by Crippen LogP contribution is 2.17. The van der Waals surface area contributed by atoms with E-state index in [-0.39, 0.29) is 11.7 Å². The van der Waals surface area contributed by atoms with Gasteiger partial charge in [-0.25, -0.2) is 14.3 Å². The van der Waals surface area contributed by atoms with Crippen LogP contribution in [0.1, 0.15) is 17.5 Å². The van der Waals surface area contributed by atoms with Crippen LogP contribution in [-0.4, -0.2) is 26.8 Å². The van der Waals surface area contributed by atoms with Crippen LogP contribution < -0.4 is 16.3 Å². The average Bonchev–Trinajstić information content (AvgIpc) is 2.92. The van der Waals surface area contributed by atoms with Gasteiger partial charge in [0.2, 0.25) is 0 Å². The molecule has 0 saturated carbocycles. The van der Waals surface area contributed by atoms with Gasteiger partial charge in [0, 0.05) is 25.0 Å². The fourth-order valence-electron chi connectivity index (χ4n) is 2.60. The van der Waals surface area contributed by atoms with Gasteiger partial charge in [-0.3, -0.25) is 4.40 Å². The minimum Gasteiger partial charge on any atom is -0.338 e. The first-order valence-electron chi connectivity index (χ1n) is 8.21. The van der Waals surface area contributed by atoms with Gasteiger partial charge < -0.3 is 10.6 Å². The number of hydrogen-bond donors (Lipinski definition) is 2. The molecular formula is C18H21N5O2. The predicted octanol–water partition coefficient (Wildman–Crippen LogP) is 2.32. The first kappa shape index (κ1) is 16.8. The molecule has 0 spiro atoms. The summed E-state index contributed by atoms with van der Waals surface area (Å²) in [5.74, 6) is 0. The zero-order chi connectivity index (χ0) is 17.8. The van der Waals surface area contributed by atoms with Crippen LogP contribution in [0.15, 0.2) is 47.4 Å². The van der Waals surface area contributed by atoms with E-state index >= 15 is 0 Å². The summed E-state index contributed by atoms with van der Waals surface area (Å²) >= 11 is 0. The minimum atomic E-state index is -0.254. The van der Waals surface area contributed by atoms with Gasteiger partial charge in [0.15, 0.2) is 5.65 Å². The van der Waals surface area contributed by atoms with Crippen molar-refractivity contribution in [3.8, 4) is 0 Å². The number of hydrogen-bond acceptors (Lipinski definition) is 3. The lowest BCUT2D eigenvalue weighted by molar-refractivity contribution is 0.251. The van der Waals surface area contributed by atoms with Crippen LogP contribution >= 0.6 is 0 Å². The molecule has 0 aliphatic rings. The highest BCUT2D eigenvalue weighted by atomic mass is 16.2. The number of rotatable bonds is 5. The first-order valence-corrected chi connectivity index (χ1v) is 8.21. The lowest BCUT2D eigenvalue weighted by Gasteiger charge is -2.11. The Labute approximate surface area is 145 Å². The third-order valence-electron chi connectivity index (χ3n) is 4.17. The van der Waals surface area contributed by atoms with Gasteiger partial charge in [0.25, 0.3) is 0 Å². The summed E-state index contributed by atoms with van der Waals surface area (Å²) in [5, 5.41) is 9.90. The molecule has 2 aromatic heterocycles.